The van der Waals surface area contributed by atoms with E-state index < -0.39 is 0 Å². The van der Waals surface area contributed by atoms with Crippen LogP contribution < -0.4 is 10.6 Å². The van der Waals surface area contributed by atoms with Crippen molar-refractivity contribution in [2.75, 3.05) is 17.2 Å². The van der Waals surface area contributed by atoms with Crippen LogP contribution in [0.4, 0.5) is 16.0 Å². The first-order chi connectivity index (χ1) is 11.8. The lowest BCUT2D eigenvalue weighted by Crippen LogP contribution is -2.07. The van der Waals surface area contributed by atoms with Gasteiger partial charge >= 0.3 is 0 Å². The number of halogens is 1. The van der Waals surface area contributed by atoms with Crippen molar-refractivity contribution in [3.8, 4) is 0 Å². The first-order valence-electron chi connectivity index (χ1n) is 8.52. The normalized spacial score (nSPS) is 14.1. The number of allylic oxidation sites excluding steroid dienone is 1. The van der Waals surface area contributed by atoms with E-state index in [9.17, 15) is 4.39 Å². The summed E-state index contributed by atoms with van der Waals surface area (Å²) in [5, 5.41) is 6.59. The monoisotopic (exact) mass is 326 g/mol. The Morgan fingerprint density at radius 1 is 1.00 bits per heavy atom. The van der Waals surface area contributed by atoms with Crippen molar-refractivity contribution >= 4 is 11.6 Å². The standard InChI is InChI=1S/C19H23FN4/c20-17-8-6-16(7-9-17)13-22-19-12-18(23-14-24-19)21-11-10-15-4-2-1-3-5-15/h4,6-9,12,14H,1-3,5,10-11,13H2,(H2,21,22,23,24). The molecule has 24 heavy (non-hydrogen) atoms. The van der Waals surface area contributed by atoms with Gasteiger partial charge in [-0.05, 0) is 49.8 Å². The maximum absolute atomic E-state index is 12.9. The van der Waals surface area contributed by atoms with E-state index in [1.54, 1.807) is 24.0 Å². The van der Waals surface area contributed by atoms with Gasteiger partial charge in [0.25, 0.3) is 0 Å². The Labute approximate surface area is 142 Å². The Hall–Kier alpha value is -2.43. The van der Waals surface area contributed by atoms with Gasteiger partial charge in [-0.3, -0.25) is 0 Å². The van der Waals surface area contributed by atoms with Crippen molar-refractivity contribution in [3.05, 3.63) is 59.7 Å². The third-order valence-corrected chi connectivity index (χ3v) is 4.19. The second-order valence-corrected chi connectivity index (χ2v) is 6.05. The van der Waals surface area contributed by atoms with E-state index in [1.165, 1.54) is 37.8 Å². The number of hydrogen-bond donors (Lipinski definition) is 2. The van der Waals surface area contributed by atoms with E-state index in [0.29, 0.717) is 6.54 Å². The van der Waals surface area contributed by atoms with Crippen LogP contribution in [0.1, 0.15) is 37.7 Å². The average molecular weight is 326 g/mol. The highest BCUT2D eigenvalue weighted by atomic mass is 19.1. The third-order valence-electron chi connectivity index (χ3n) is 4.19. The van der Waals surface area contributed by atoms with E-state index in [4.69, 9.17) is 0 Å². The summed E-state index contributed by atoms with van der Waals surface area (Å²) >= 11 is 0. The van der Waals surface area contributed by atoms with Crippen molar-refractivity contribution in [3.63, 3.8) is 0 Å². The van der Waals surface area contributed by atoms with Crippen LogP contribution in [0.2, 0.25) is 0 Å². The van der Waals surface area contributed by atoms with Gasteiger partial charge in [-0.15, -0.1) is 0 Å². The van der Waals surface area contributed by atoms with E-state index >= 15 is 0 Å². The van der Waals surface area contributed by atoms with Gasteiger partial charge in [0.05, 0.1) is 0 Å². The second-order valence-electron chi connectivity index (χ2n) is 6.05. The number of hydrogen-bond acceptors (Lipinski definition) is 4. The van der Waals surface area contributed by atoms with Gasteiger partial charge in [0.2, 0.25) is 0 Å². The van der Waals surface area contributed by atoms with E-state index in [-0.39, 0.29) is 5.82 Å². The summed E-state index contributed by atoms with van der Waals surface area (Å²) in [5.74, 6) is 1.36. The molecule has 2 N–H and O–H groups in total. The summed E-state index contributed by atoms with van der Waals surface area (Å²) in [5.41, 5.74) is 2.56. The fraction of sp³-hybridized carbons (Fsp3) is 0.368. The Bertz CT molecular complexity index is 682. The summed E-state index contributed by atoms with van der Waals surface area (Å²) in [4.78, 5) is 8.48. The van der Waals surface area contributed by atoms with Crippen molar-refractivity contribution in [1.29, 1.82) is 0 Å². The van der Waals surface area contributed by atoms with Crippen molar-refractivity contribution < 1.29 is 4.39 Å². The molecule has 126 valence electrons. The number of benzene rings is 1. The molecule has 0 unspecified atom stereocenters. The molecule has 3 rings (SSSR count). The molecule has 0 spiro atoms. The summed E-state index contributed by atoms with van der Waals surface area (Å²) in [6.07, 6.45) is 10.1. The largest absolute Gasteiger partial charge is 0.370 e. The molecule has 1 aliphatic carbocycles. The molecule has 0 fully saturated rings. The van der Waals surface area contributed by atoms with E-state index in [1.807, 2.05) is 6.07 Å². The minimum Gasteiger partial charge on any atom is -0.370 e. The van der Waals surface area contributed by atoms with Crippen LogP contribution in [0.25, 0.3) is 0 Å². The maximum atomic E-state index is 12.9. The smallest absolute Gasteiger partial charge is 0.131 e. The number of rotatable bonds is 7. The van der Waals surface area contributed by atoms with Crippen molar-refractivity contribution in [2.24, 2.45) is 0 Å². The molecule has 0 saturated carbocycles. The van der Waals surface area contributed by atoms with Crippen LogP contribution in [0.3, 0.4) is 0 Å². The van der Waals surface area contributed by atoms with Crippen molar-refractivity contribution in [2.45, 2.75) is 38.6 Å². The molecule has 2 aromatic rings. The predicted octanol–water partition coefficient (Wildman–Crippen LogP) is 4.53. The van der Waals surface area contributed by atoms with Gasteiger partial charge in [0.1, 0.15) is 23.8 Å². The van der Waals surface area contributed by atoms with Crippen molar-refractivity contribution in [1.82, 2.24) is 9.97 Å². The molecule has 5 heteroatoms. The highest BCUT2D eigenvalue weighted by Gasteiger charge is 2.04. The first-order valence-corrected chi connectivity index (χ1v) is 8.52. The summed E-state index contributed by atoms with van der Waals surface area (Å²) in [6, 6.07) is 8.35. The second kappa shape index (κ2) is 8.43. The average Bonchev–Trinajstić information content (AvgIpc) is 2.63. The first kappa shape index (κ1) is 16.4. The minimum atomic E-state index is -0.222. The fourth-order valence-corrected chi connectivity index (χ4v) is 2.83. The Morgan fingerprint density at radius 3 is 2.54 bits per heavy atom. The van der Waals surface area contributed by atoms with Crippen LogP contribution in [0.15, 0.2) is 48.3 Å². The number of aromatic nitrogens is 2. The molecule has 0 amide bonds. The van der Waals surface area contributed by atoms with Crippen LogP contribution in [0.5, 0.6) is 0 Å². The van der Waals surface area contributed by atoms with Crippen LogP contribution in [0, 0.1) is 5.82 Å². The topological polar surface area (TPSA) is 49.8 Å². The lowest BCUT2D eigenvalue weighted by molar-refractivity contribution is 0.627. The molecular formula is C19H23FN4. The highest BCUT2D eigenvalue weighted by molar-refractivity contribution is 5.46. The maximum Gasteiger partial charge on any atom is 0.131 e. The highest BCUT2D eigenvalue weighted by Crippen LogP contribution is 2.20. The lowest BCUT2D eigenvalue weighted by atomic mass is 9.97. The molecule has 0 radical (unpaired) electrons. The molecule has 1 heterocycles. The Kier molecular flexibility index (Phi) is 5.77. The van der Waals surface area contributed by atoms with Gasteiger partial charge < -0.3 is 10.6 Å². The molecule has 0 aliphatic heterocycles. The lowest BCUT2D eigenvalue weighted by Gasteiger charge is -2.13. The SMILES string of the molecule is Fc1ccc(CNc2cc(NCCC3=CCCCC3)ncn2)cc1. The summed E-state index contributed by atoms with van der Waals surface area (Å²) < 4.78 is 12.9. The zero-order chi connectivity index (χ0) is 16.6. The zero-order valence-corrected chi connectivity index (χ0v) is 13.8. The van der Waals surface area contributed by atoms with Gasteiger partial charge in [-0.1, -0.05) is 23.8 Å². The molecule has 1 aliphatic rings. The molecule has 4 nitrogen and oxygen atoms in total. The zero-order valence-electron chi connectivity index (χ0n) is 13.8. The van der Waals surface area contributed by atoms with Gasteiger partial charge in [0.15, 0.2) is 0 Å². The van der Waals surface area contributed by atoms with E-state index in [2.05, 4.69) is 26.7 Å². The van der Waals surface area contributed by atoms with Gasteiger partial charge in [-0.2, -0.15) is 0 Å². The van der Waals surface area contributed by atoms with Crippen LogP contribution in [-0.4, -0.2) is 16.5 Å². The number of anilines is 2. The Morgan fingerprint density at radius 2 is 1.79 bits per heavy atom. The predicted molar refractivity (Wildman–Crippen MR) is 95.4 cm³/mol. The summed E-state index contributed by atoms with van der Waals surface area (Å²) in [6.45, 7) is 1.49. The van der Waals surface area contributed by atoms with Gasteiger partial charge in [0, 0.05) is 19.2 Å². The number of nitrogens with zero attached hydrogens (tertiary/aromatic N) is 2. The molecular weight excluding hydrogens is 303 g/mol. The fourth-order valence-electron chi connectivity index (χ4n) is 2.83. The molecule has 0 saturated heterocycles. The third kappa shape index (κ3) is 5.05. The Balaban J connectivity index is 1.48. The van der Waals surface area contributed by atoms with E-state index in [0.717, 1.165) is 30.2 Å². The summed E-state index contributed by atoms with van der Waals surface area (Å²) in [7, 11) is 0. The van der Waals surface area contributed by atoms with Crippen LogP contribution >= 0.6 is 0 Å². The minimum absolute atomic E-state index is 0.222. The molecule has 1 aromatic heterocycles. The number of nitrogens with one attached hydrogen (secondary N) is 2. The quantitative estimate of drug-likeness (QED) is 0.734. The molecule has 1 aromatic carbocycles. The van der Waals surface area contributed by atoms with Crippen LogP contribution in [-0.2, 0) is 6.54 Å². The molecule has 0 bridgehead atoms. The van der Waals surface area contributed by atoms with Gasteiger partial charge in [-0.25, -0.2) is 14.4 Å². The molecule has 0 atom stereocenters.